The SMILES string of the molecule is Cc1ccc(C)c(OC[C@@H](O)CN2C(=O)[C@H]3CC=CC[C@H]3C2=O)c1. The number of carbonyl (C=O) groups excluding carboxylic acids is 2. The number of likely N-dealkylation sites (tertiary alicyclic amines) is 1. The fraction of sp³-hybridized carbons (Fsp3) is 0.474. The van der Waals surface area contributed by atoms with E-state index in [1.807, 2.05) is 44.2 Å². The van der Waals surface area contributed by atoms with Crippen molar-refractivity contribution in [3.05, 3.63) is 41.5 Å². The number of β-amino-alcohol motifs (C(OH)–C–C–N with tert-alkyl or cyclic N) is 1. The summed E-state index contributed by atoms with van der Waals surface area (Å²) in [5, 5.41) is 10.2. The minimum Gasteiger partial charge on any atom is -0.491 e. The molecule has 1 aliphatic carbocycles. The number of rotatable bonds is 5. The van der Waals surface area contributed by atoms with Crippen molar-refractivity contribution >= 4 is 11.8 Å². The molecule has 1 saturated heterocycles. The number of aliphatic hydroxyl groups is 1. The molecule has 1 aliphatic heterocycles. The highest BCUT2D eigenvalue weighted by Crippen LogP contribution is 2.35. The third-order valence-corrected chi connectivity index (χ3v) is 4.77. The second-order valence-electron chi connectivity index (χ2n) is 6.68. The van der Waals surface area contributed by atoms with Crippen LogP contribution in [0.1, 0.15) is 24.0 Å². The van der Waals surface area contributed by atoms with Crippen LogP contribution in [0.4, 0.5) is 0 Å². The molecule has 2 aliphatic rings. The van der Waals surface area contributed by atoms with E-state index >= 15 is 0 Å². The van der Waals surface area contributed by atoms with Gasteiger partial charge in [0.25, 0.3) is 0 Å². The van der Waals surface area contributed by atoms with Gasteiger partial charge in [0, 0.05) is 0 Å². The molecule has 0 radical (unpaired) electrons. The fourth-order valence-corrected chi connectivity index (χ4v) is 3.36. The van der Waals surface area contributed by atoms with Gasteiger partial charge in [0.15, 0.2) is 0 Å². The van der Waals surface area contributed by atoms with Gasteiger partial charge in [-0.2, -0.15) is 0 Å². The molecule has 5 heteroatoms. The standard InChI is InChI=1S/C19H23NO4/c1-12-7-8-13(2)17(9-12)24-11-14(21)10-20-18(22)15-5-3-4-6-16(15)19(20)23/h3-4,7-9,14-16,21H,5-6,10-11H2,1-2H3/t14-,15-,16+/m0/s1. The molecular weight excluding hydrogens is 306 g/mol. The number of ether oxygens (including phenoxy) is 1. The summed E-state index contributed by atoms with van der Waals surface area (Å²) in [7, 11) is 0. The molecule has 1 aromatic rings. The number of aryl methyl sites for hydroxylation is 2. The van der Waals surface area contributed by atoms with E-state index in [-0.39, 0.29) is 36.8 Å². The van der Waals surface area contributed by atoms with E-state index in [9.17, 15) is 14.7 Å². The number of hydrogen-bond donors (Lipinski definition) is 1. The van der Waals surface area contributed by atoms with Crippen molar-refractivity contribution in [1.29, 1.82) is 0 Å². The molecule has 2 amide bonds. The summed E-state index contributed by atoms with van der Waals surface area (Å²) in [4.78, 5) is 26.0. The summed E-state index contributed by atoms with van der Waals surface area (Å²) in [5.74, 6) is -0.129. The minimum absolute atomic E-state index is 0.00443. The maximum Gasteiger partial charge on any atom is 0.233 e. The van der Waals surface area contributed by atoms with Crippen molar-refractivity contribution in [2.45, 2.75) is 32.8 Å². The molecule has 1 fully saturated rings. The Morgan fingerprint density at radius 1 is 1.17 bits per heavy atom. The predicted octanol–water partition coefficient (Wildman–Crippen LogP) is 1.99. The molecule has 0 bridgehead atoms. The second-order valence-corrected chi connectivity index (χ2v) is 6.68. The van der Waals surface area contributed by atoms with Crippen LogP contribution in [0.25, 0.3) is 0 Å². The lowest BCUT2D eigenvalue weighted by Gasteiger charge is -2.20. The van der Waals surface area contributed by atoms with E-state index in [1.54, 1.807) is 0 Å². The molecule has 128 valence electrons. The Hall–Kier alpha value is -2.14. The van der Waals surface area contributed by atoms with Crippen LogP contribution in [-0.2, 0) is 9.59 Å². The molecule has 3 atom stereocenters. The Balaban J connectivity index is 1.59. The summed E-state index contributed by atoms with van der Waals surface area (Å²) >= 11 is 0. The number of hydrogen-bond acceptors (Lipinski definition) is 4. The molecule has 0 aromatic heterocycles. The summed E-state index contributed by atoms with van der Waals surface area (Å²) < 4.78 is 5.67. The first-order valence-electron chi connectivity index (χ1n) is 8.35. The Bertz CT molecular complexity index is 656. The number of benzene rings is 1. The van der Waals surface area contributed by atoms with Crippen molar-refractivity contribution in [2.24, 2.45) is 11.8 Å². The van der Waals surface area contributed by atoms with Gasteiger partial charge in [-0.25, -0.2) is 0 Å². The minimum atomic E-state index is -0.897. The summed E-state index contributed by atoms with van der Waals surface area (Å²) in [6, 6.07) is 5.87. The zero-order chi connectivity index (χ0) is 17.3. The van der Waals surface area contributed by atoms with E-state index in [1.165, 1.54) is 4.90 Å². The van der Waals surface area contributed by atoms with Crippen LogP contribution < -0.4 is 4.74 Å². The van der Waals surface area contributed by atoms with Gasteiger partial charge in [-0.3, -0.25) is 14.5 Å². The molecule has 3 rings (SSSR count). The van der Waals surface area contributed by atoms with E-state index in [0.717, 1.165) is 11.1 Å². The smallest absolute Gasteiger partial charge is 0.233 e. The molecule has 1 aromatic carbocycles. The molecular formula is C19H23NO4. The molecule has 1 N–H and O–H groups in total. The first-order valence-corrected chi connectivity index (χ1v) is 8.35. The van der Waals surface area contributed by atoms with Crippen LogP contribution in [0.2, 0.25) is 0 Å². The molecule has 1 heterocycles. The predicted molar refractivity (Wildman–Crippen MR) is 89.5 cm³/mol. The van der Waals surface area contributed by atoms with E-state index in [0.29, 0.717) is 18.6 Å². The summed E-state index contributed by atoms with van der Waals surface area (Å²) in [6.07, 6.45) is 4.24. The lowest BCUT2D eigenvalue weighted by molar-refractivity contribution is -0.141. The van der Waals surface area contributed by atoms with Gasteiger partial charge in [0.05, 0.1) is 18.4 Å². The van der Waals surface area contributed by atoms with Gasteiger partial charge < -0.3 is 9.84 Å². The van der Waals surface area contributed by atoms with Crippen LogP contribution in [-0.4, -0.2) is 41.1 Å². The Kier molecular flexibility index (Phi) is 4.71. The zero-order valence-corrected chi connectivity index (χ0v) is 14.1. The largest absolute Gasteiger partial charge is 0.491 e. The number of imide groups is 1. The Labute approximate surface area is 141 Å². The van der Waals surface area contributed by atoms with Crippen LogP contribution >= 0.6 is 0 Å². The van der Waals surface area contributed by atoms with Gasteiger partial charge in [0.2, 0.25) is 11.8 Å². The van der Waals surface area contributed by atoms with Gasteiger partial charge in [0.1, 0.15) is 18.5 Å². The van der Waals surface area contributed by atoms with Gasteiger partial charge in [-0.1, -0.05) is 24.3 Å². The number of allylic oxidation sites excluding steroid dienone is 2. The van der Waals surface area contributed by atoms with Crippen LogP contribution in [0.5, 0.6) is 5.75 Å². The average molecular weight is 329 g/mol. The highest BCUT2D eigenvalue weighted by Gasteiger charge is 2.47. The summed E-state index contributed by atoms with van der Waals surface area (Å²) in [5.41, 5.74) is 2.06. The quantitative estimate of drug-likeness (QED) is 0.663. The molecule has 0 unspecified atom stereocenters. The number of aliphatic hydroxyl groups excluding tert-OH is 1. The highest BCUT2D eigenvalue weighted by molar-refractivity contribution is 6.05. The maximum absolute atomic E-state index is 12.4. The number of nitrogens with zero attached hydrogens (tertiary/aromatic N) is 1. The molecule has 24 heavy (non-hydrogen) atoms. The first kappa shape index (κ1) is 16.7. The van der Waals surface area contributed by atoms with Crippen molar-refractivity contribution < 1.29 is 19.4 Å². The Morgan fingerprint density at radius 3 is 2.42 bits per heavy atom. The maximum atomic E-state index is 12.4. The van der Waals surface area contributed by atoms with E-state index in [4.69, 9.17) is 4.74 Å². The topological polar surface area (TPSA) is 66.8 Å². The van der Waals surface area contributed by atoms with Gasteiger partial charge in [-0.05, 0) is 43.9 Å². The monoisotopic (exact) mass is 329 g/mol. The van der Waals surface area contributed by atoms with Crippen molar-refractivity contribution in [3.8, 4) is 5.75 Å². The highest BCUT2D eigenvalue weighted by atomic mass is 16.5. The second kappa shape index (κ2) is 6.77. The molecule has 0 spiro atoms. The summed E-state index contributed by atoms with van der Waals surface area (Å²) in [6.45, 7) is 3.96. The fourth-order valence-electron chi connectivity index (χ4n) is 3.36. The van der Waals surface area contributed by atoms with Crippen LogP contribution in [0, 0.1) is 25.7 Å². The van der Waals surface area contributed by atoms with Crippen LogP contribution in [0.3, 0.4) is 0 Å². The Morgan fingerprint density at radius 2 is 1.79 bits per heavy atom. The lowest BCUT2D eigenvalue weighted by Crippen LogP contribution is -2.40. The van der Waals surface area contributed by atoms with E-state index < -0.39 is 6.10 Å². The third kappa shape index (κ3) is 3.22. The average Bonchev–Trinajstić information content (AvgIpc) is 2.81. The molecule has 0 saturated carbocycles. The van der Waals surface area contributed by atoms with Crippen molar-refractivity contribution in [2.75, 3.05) is 13.2 Å². The first-order chi connectivity index (χ1) is 11.5. The molecule has 5 nitrogen and oxygen atoms in total. The number of fused-ring (bicyclic) bond motifs is 1. The van der Waals surface area contributed by atoms with Crippen molar-refractivity contribution in [1.82, 2.24) is 4.90 Å². The van der Waals surface area contributed by atoms with Crippen molar-refractivity contribution in [3.63, 3.8) is 0 Å². The number of amides is 2. The van der Waals surface area contributed by atoms with Gasteiger partial charge >= 0.3 is 0 Å². The third-order valence-electron chi connectivity index (χ3n) is 4.77. The van der Waals surface area contributed by atoms with Crippen LogP contribution in [0.15, 0.2) is 30.4 Å². The zero-order valence-electron chi connectivity index (χ0n) is 14.1. The number of carbonyl (C=O) groups is 2. The lowest BCUT2D eigenvalue weighted by atomic mass is 9.85. The normalized spacial score (nSPS) is 24.2. The van der Waals surface area contributed by atoms with E-state index in [2.05, 4.69) is 0 Å². The van der Waals surface area contributed by atoms with Gasteiger partial charge in [-0.15, -0.1) is 0 Å².